The molecule has 2 rings (SSSR count). The van der Waals surface area contributed by atoms with Gasteiger partial charge < -0.3 is 10.5 Å². The van der Waals surface area contributed by atoms with Gasteiger partial charge in [-0.3, -0.25) is 10.1 Å². The van der Waals surface area contributed by atoms with Crippen LogP contribution >= 0.6 is 0 Å². The molecule has 0 saturated heterocycles. The molecule has 0 fully saturated rings. The quantitative estimate of drug-likeness (QED) is 0.651. The fourth-order valence-corrected chi connectivity index (χ4v) is 2.53. The van der Waals surface area contributed by atoms with Crippen molar-refractivity contribution in [3.05, 3.63) is 40.1 Å². The molecule has 1 heterocycles. The summed E-state index contributed by atoms with van der Waals surface area (Å²) in [5.74, 6) is -0.0226. The van der Waals surface area contributed by atoms with Crippen LogP contribution in [0.3, 0.4) is 0 Å². The van der Waals surface area contributed by atoms with Gasteiger partial charge in [-0.25, -0.2) is 4.98 Å². The van der Waals surface area contributed by atoms with Crippen LogP contribution < -0.4 is 5.73 Å². The molecule has 0 radical (unpaired) electrons. The number of nitrogens with two attached hydrogens (primary N) is 1. The lowest BCUT2D eigenvalue weighted by atomic mass is 9.91. The summed E-state index contributed by atoms with van der Waals surface area (Å²) in [5, 5.41) is 12.1. The molecule has 0 saturated carbocycles. The number of rotatable bonds is 6. The Kier molecular flexibility index (Phi) is 4.92. The molecule has 1 aromatic carbocycles. The van der Waals surface area contributed by atoms with Gasteiger partial charge >= 0.3 is 5.69 Å². The number of hydrogen-bond donors (Lipinski definition) is 1. The highest BCUT2D eigenvalue weighted by atomic mass is 16.6. The Labute approximate surface area is 129 Å². The van der Waals surface area contributed by atoms with E-state index >= 15 is 0 Å². The molecular weight excluding hydrogens is 282 g/mol. The lowest BCUT2D eigenvalue weighted by molar-refractivity contribution is -0.385. The predicted molar refractivity (Wildman–Crippen MR) is 86.9 cm³/mol. The Morgan fingerprint density at radius 1 is 1.36 bits per heavy atom. The van der Waals surface area contributed by atoms with Gasteiger partial charge in [0.2, 0.25) is 0 Å². The molecule has 0 amide bonds. The van der Waals surface area contributed by atoms with Gasteiger partial charge in [-0.05, 0) is 18.9 Å². The maximum absolute atomic E-state index is 11.5. The Morgan fingerprint density at radius 2 is 2.05 bits per heavy atom. The minimum absolute atomic E-state index is 0.0999. The van der Waals surface area contributed by atoms with Crippen LogP contribution in [0.5, 0.6) is 0 Å². The van der Waals surface area contributed by atoms with Crippen molar-refractivity contribution >= 4 is 22.3 Å². The number of pyridine rings is 1. The van der Waals surface area contributed by atoms with Crippen LogP contribution in [0.25, 0.3) is 10.9 Å². The second-order valence-corrected chi connectivity index (χ2v) is 5.54. The monoisotopic (exact) mass is 303 g/mol. The summed E-state index contributed by atoms with van der Waals surface area (Å²) >= 11 is 0. The maximum atomic E-state index is 11.5. The van der Waals surface area contributed by atoms with Gasteiger partial charge in [-0.2, -0.15) is 0 Å². The predicted octanol–water partition coefficient (Wildman–Crippen LogP) is 3.50. The highest BCUT2D eigenvalue weighted by molar-refractivity contribution is 5.95. The second-order valence-electron chi connectivity index (χ2n) is 5.54. The van der Waals surface area contributed by atoms with E-state index in [4.69, 9.17) is 10.5 Å². The molecule has 0 aliphatic heterocycles. The molecule has 0 spiro atoms. The van der Waals surface area contributed by atoms with Gasteiger partial charge in [0.05, 0.1) is 17.0 Å². The molecule has 0 aliphatic rings. The third-order valence-electron chi connectivity index (χ3n) is 3.77. The van der Waals surface area contributed by atoms with E-state index in [1.807, 2.05) is 32.9 Å². The molecule has 1 atom stereocenters. The third kappa shape index (κ3) is 3.01. The van der Waals surface area contributed by atoms with Crippen molar-refractivity contribution in [3.63, 3.8) is 0 Å². The van der Waals surface area contributed by atoms with E-state index in [1.165, 1.54) is 0 Å². The highest BCUT2D eigenvalue weighted by Crippen LogP contribution is 2.38. The van der Waals surface area contributed by atoms with Gasteiger partial charge in [-0.1, -0.05) is 32.0 Å². The number of para-hydroxylation sites is 1. The molecule has 118 valence electrons. The molecule has 6 nitrogen and oxygen atoms in total. The van der Waals surface area contributed by atoms with Crippen molar-refractivity contribution in [1.29, 1.82) is 0 Å². The minimum atomic E-state index is -0.439. The Balaban J connectivity index is 2.68. The Morgan fingerprint density at radius 3 is 2.64 bits per heavy atom. The first kappa shape index (κ1) is 16.2. The zero-order valence-corrected chi connectivity index (χ0v) is 13.1. The van der Waals surface area contributed by atoms with Crippen molar-refractivity contribution in [2.24, 2.45) is 5.92 Å². The summed E-state index contributed by atoms with van der Waals surface area (Å²) in [6.07, 6.45) is 0. The summed E-state index contributed by atoms with van der Waals surface area (Å²) in [4.78, 5) is 15.6. The first-order valence-electron chi connectivity index (χ1n) is 7.37. The summed E-state index contributed by atoms with van der Waals surface area (Å²) in [7, 11) is 0. The number of aromatic nitrogens is 1. The average molecular weight is 303 g/mol. The van der Waals surface area contributed by atoms with Gasteiger partial charge in [-0.15, -0.1) is 0 Å². The van der Waals surface area contributed by atoms with Crippen molar-refractivity contribution in [3.8, 4) is 0 Å². The molecule has 2 aromatic rings. The zero-order chi connectivity index (χ0) is 16.3. The van der Waals surface area contributed by atoms with E-state index in [-0.39, 0.29) is 23.2 Å². The summed E-state index contributed by atoms with van der Waals surface area (Å²) < 4.78 is 5.49. The minimum Gasteiger partial charge on any atom is -0.393 e. The van der Waals surface area contributed by atoms with Crippen LogP contribution in [0.15, 0.2) is 24.3 Å². The van der Waals surface area contributed by atoms with Crippen molar-refractivity contribution < 1.29 is 9.66 Å². The van der Waals surface area contributed by atoms with Crippen LogP contribution in [0.2, 0.25) is 0 Å². The van der Waals surface area contributed by atoms with Crippen molar-refractivity contribution in [2.45, 2.75) is 26.7 Å². The fraction of sp³-hybridized carbons (Fsp3) is 0.438. The van der Waals surface area contributed by atoms with E-state index in [9.17, 15) is 10.1 Å². The number of ether oxygens (including phenoxy) is 1. The number of fused-ring (bicyclic) bond motifs is 1. The number of nitrogen functional groups attached to an aromatic ring is 1. The van der Waals surface area contributed by atoms with Crippen LogP contribution in [0, 0.1) is 16.0 Å². The summed E-state index contributed by atoms with van der Waals surface area (Å²) in [6, 6.07) is 7.21. The molecule has 1 aromatic heterocycles. The third-order valence-corrected chi connectivity index (χ3v) is 3.77. The fourth-order valence-electron chi connectivity index (χ4n) is 2.53. The lowest BCUT2D eigenvalue weighted by Crippen LogP contribution is -2.18. The zero-order valence-electron chi connectivity index (χ0n) is 13.1. The Hall–Kier alpha value is -2.21. The van der Waals surface area contributed by atoms with E-state index < -0.39 is 4.92 Å². The van der Waals surface area contributed by atoms with Crippen LogP contribution in [0.1, 0.15) is 32.4 Å². The average Bonchev–Trinajstić information content (AvgIpc) is 2.47. The molecule has 22 heavy (non-hydrogen) atoms. The van der Waals surface area contributed by atoms with Gasteiger partial charge in [0.1, 0.15) is 11.4 Å². The molecule has 0 unspecified atom stereocenters. The van der Waals surface area contributed by atoms with E-state index in [1.54, 1.807) is 12.1 Å². The van der Waals surface area contributed by atoms with Gasteiger partial charge in [0.25, 0.3) is 0 Å². The van der Waals surface area contributed by atoms with Gasteiger partial charge in [0, 0.05) is 17.9 Å². The van der Waals surface area contributed by atoms with Crippen LogP contribution in [-0.2, 0) is 4.74 Å². The van der Waals surface area contributed by atoms with Crippen LogP contribution in [-0.4, -0.2) is 23.1 Å². The highest BCUT2D eigenvalue weighted by Gasteiger charge is 2.30. The largest absolute Gasteiger partial charge is 0.393 e. The van der Waals surface area contributed by atoms with Crippen molar-refractivity contribution in [1.82, 2.24) is 4.98 Å². The smallest absolute Gasteiger partial charge is 0.314 e. The molecule has 0 bridgehead atoms. The number of hydrogen-bond acceptors (Lipinski definition) is 5. The molecule has 2 N–H and O–H groups in total. The SMILES string of the molecule is CCOC[C@H](c1nc2ccccc2c(N)c1[N+](=O)[O-])C(C)C. The van der Waals surface area contributed by atoms with Gasteiger partial charge in [0.15, 0.2) is 0 Å². The summed E-state index contributed by atoms with van der Waals surface area (Å²) in [6.45, 7) is 6.84. The first-order valence-corrected chi connectivity index (χ1v) is 7.37. The van der Waals surface area contributed by atoms with E-state index in [0.717, 1.165) is 0 Å². The standard InChI is InChI=1S/C16H21N3O3/c1-4-22-9-12(10(2)3)15-16(19(20)21)14(17)11-7-5-6-8-13(11)18-15/h5-8,10,12H,4,9H2,1-3H3,(H2,17,18)/t12-/m0/s1. The topological polar surface area (TPSA) is 91.3 Å². The van der Waals surface area contributed by atoms with Crippen LogP contribution in [0.4, 0.5) is 11.4 Å². The number of anilines is 1. The summed E-state index contributed by atoms with van der Waals surface area (Å²) in [5.41, 5.74) is 7.22. The Bertz CT molecular complexity index is 686. The second kappa shape index (κ2) is 6.70. The number of nitrogens with zero attached hydrogens (tertiary/aromatic N) is 2. The molecular formula is C16H21N3O3. The molecule has 0 aliphatic carbocycles. The van der Waals surface area contributed by atoms with E-state index in [2.05, 4.69) is 4.98 Å². The van der Waals surface area contributed by atoms with Crippen molar-refractivity contribution in [2.75, 3.05) is 18.9 Å². The van der Waals surface area contributed by atoms with E-state index in [0.29, 0.717) is 29.8 Å². The number of nitro groups is 1. The lowest BCUT2D eigenvalue weighted by Gasteiger charge is -2.21. The molecule has 6 heteroatoms. The first-order chi connectivity index (χ1) is 10.5. The number of benzene rings is 1. The maximum Gasteiger partial charge on any atom is 0.314 e. The normalized spacial score (nSPS) is 12.7.